The minimum Gasteiger partial charge on any atom is -0.396 e. The molecule has 2 unspecified atom stereocenters. The lowest BCUT2D eigenvalue weighted by Gasteiger charge is -2.38. The maximum Gasteiger partial charge on any atom is 0.0471 e. The van der Waals surface area contributed by atoms with Crippen LogP contribution in [-0.2, 0) is 0 Å². The summed E-state index contributed by atoms with van der Waals surface area (Å²) in [6.07, 6.45) is 3.32. The molecule has 3 N–H and O–H groups in total. The summed E-state index contributed by atoms with van der Waals surface area (Å²) in [4.78, 5) is 2.49. The number of rotatable bonds is 5. The number of aliphatic hydroxyl groups is 1. The summed E-state index contributed by atoms with van der Waals surface area (Å²) in [5.41, 5.74) is 7.11. The number of nitrogens with two attached hydrogens (primary N) is 1. The smallest absolute Gasteiger partial charge is 0.0471 e. The quantitative estimate of drug-likeness (QED) is 0.835. The van der Waals surface area contributed by atoms with E-state index in [-0.39, 0.29) is 0 Å². The Morgan fingerprint density at radius 1 is 1.33 bits per heavy atom. The Hall–Kier alpha value is -0.900. The van der Waals surface area contributed by atoms with Gasteiger partial charge in [0.15, 0.2) is 0 Å². The summed E-state index contributed by atoms with van der Waals surface area (Å²) >= 11 is 0. The summed E-state index contributed by atoms with van der Waals surface area (Å²) in [5.74, 6) is 0.433. The lowest BCUT2D eigenvalue weighted by atomic mass is 9.94. The summed E-state index contributed by atoms with van der Waals surface area (Å²) in [5, 5.41) is 9.34. The molecule has 0 aliphatic carbocycles. The molecule has 0 bridgehead atoms. The molecule has 0 radical (unpaired) electrons. The van der Waals surface area contributed by atoms with Gasteiger partial charge >= 0.3 is 0 Å². The molecule has 1 aliphatic rings. The predicted molar refractivity (Wildman–Crippen MR) is 74.2 cm³/mol. The van der Waals surface area contributed by atoms with Gasteiger partial charge in [0.2, 0.25) is 0 Å². The van der Waals surface area contributed by atoms with Gasteiger partial charge in [0.25, 0.3) is 0 Å². The number of likely N-dealkylation sites (tertiary alicyclic amines) is 1. The number of aliphatic hydroxyl groups excluding tert-OH is 1. The number of hydrogen-bond donors (Lipinski definition) is 2. The van der Waals surface area contributed by atoms with Crippen LogP contribution in [0.25, 0.3) is 0 Å². The second-order valence-corrected chi connectivity index (χ2v) is 5.19. The van der Waals surface area contributed by atoms with Crippen LogP contribution >= 0.6 is 0 Å². The van der Waals surface area contributed by atoms with Crippen LogP contribution in [0.4, 0.5) is 0 Å². The summed E-state index contributed by atoms with van der Waals surface area (Å²) in [6, 6.07) is 11.0. The maximum atomic E-state index is 9.34. The van der Waals surface area contributed by atoms with Gasteiger partial charge in [0, 0.05) is 19.2 Å². The fourth-order valence-electron chi connectivity index (χ4n) is 2.92. The van der Waals surface area contributed by atoms with Gasteiger partial charge in [-0.25, -0.2) is 0 Å². The Balaban J connectivity index is 2.09. The number of nitrogens with zero attached hydrogens (tertiary/aromatic N) is 1. The lowest BCUT2D eigenvalue weighted by molar-refractivity contribution is 0.0848. The van der Waals surface area contributed by atoms with Gasteiger partial charge in [-0.2, -0.15) is 0 Å². The molecule has 0 amide bonds. The van der Waals surface area contributed by atoms with Gasteiger partial charge in [-0.05, 0) is 43.8 Å². The van der Waals surface area contributed by atoms with Crippen molar-refractivity contribution in [3.05, 3.63) is 35.9 Å². The van der Waals surface area contributed by atoms with Gasteiger partial charge < -0.3 is 10.8 Å². The van der Waals surface area contributed by atoms with E-state index in [1.165, 1.54) is 12.0 Å². The van der Waals surface area contributed by atoms with E-state index in [9.17, 15) is 5.11 Å². The molecule has 1 aromatic rings. The zero-order chi connectivity index (χ0) is 12.8. The minimum absolute atomic E-state index is 0.306. The Morgan fingerprint density at radius 3 is 2.78 bits per heavy atom. The summed E-state index contributed by atoms with van der Waals surface area (Å²) in [6.45, 7) is 3.13. The van der Waals surface area contributed by atoms with E-state index in [1.807, 2.05) is 0 Å². The summed E-state index contributed by atoms with van der Waals surface area (Å²) in [7, 11) is 0. The first-order valence-electron chi connectivity index (χ1n) is 6.95. The first-order valence-corrected chi connectivity index (χ1v) is 6.95. The normalized spacial score (nSPS) is 22.9. The lowest BCUT2D eigenvalue weighted by Crippen LogP contribution is -2.40. The van der Waals surface area contributed by atoms with Crippen molar-refractivity contribution in [3.63, 3.8) is 0 Å². The van der Waals surface area contributed by atoms with E-state index in [0.29, 0.717) is 25.1 Å². The standard InChI is InChI=1S/C15H24N2O/c16-9-8-15(14-6-2-1-3-7-14)17-10-4-5-13(11-17)12-18/h1-3,6-7,13,15,18H,4-5,8-12,16H2. The van der Waals surface area contributed by atoms with Gasteiger partial charge in [0.05, 0.1) is 0 Å². The van der Waals surface area contributed by atoms with Crippen LogP contribution < -0.4 is 5.73 Å². The zero-order valence-electron chi connectivity index (χ0n) is 11.0. The van der Waals surface area contributed by atoms with E-state index >= 15 is 0 Å². The molecule has 1 saturated heterocycles. The minimum atomic E-state index is 0.306. The van der Waals surface area contributed by atoms with Gasteiger partial charge in [0.1, 0.15) is 0 Å². The van der Waals surface area contributed by atoms with Crippen LogP contribution in [0.2, 0.25) is 0 Å². The van der Waals surface area contributed by atoms with E-state index in [0.717, 1.165) is 25.9 Å². The van der Waals surface area contributed by atoms with E-state index in [2.05, 4.69) is 35.2 Å². The van der Waals surface area contributed by atoms with Crippen LogP contribution in [-0.4, -0.2) is 36.2 Å². The van der Waals surface area contributed by atoms with Crippen molar-refractivity contribution in [2.75, 3.05) is 26.2 Å². The van der Waals surface area contributed by atoms with Crippen molar-refractivity contribution in [1.82, 2.24) is 4.90 Å². The number of piperidine rings is 1. The van der Waals surface area contributed by atoms with Crippen LogP contribution in [0.15, 0.2) is 30.3 Å². The van der Waals surface area contributed by atoms with E-state index in [1.54, 1.807) is 0 Å². The maximum absolute atomic E-state index is 9.34. The third-order valence-corrected chi connectivity index (χ3v) is 3.87. The van der Waals surface area contributed by atoms with Crippen molar-refractivity contribution in [2.24, 2.45) is 11.7 Å². The Kier molecular flexibility index (Phi) is 5.17. The molecule has 1 aromatic carbocycles. The van der Waals surface area contributed by atoms with E-state index < -0.39 is 0 Å². The number of hydrogen-bond acceptors (Lipinski definition) is 3. The third kappa shape index (κ3) is 3.31. The molecule has 100 valence electrons. The summed E-state index contributed by atoms with van der Waals surface area (Å²) < 4.78 is 0. The molecular formula is C15H24N2O. The van der Waals surface area contributed by atoms with Crippen molar-refractivity contribution in [1.29, 1.82) is 0 Å². The molecule has 0 saturated carbocycles. The molecule has 2 rings (SSSR count). The first-order chi connectivity index (χ1) is 8.85. The fourth-order valence-corrected chi connectivity index (χ4v) is 2.92. The van der Waals surface area contributed by atoms with Crippen molar-refractivity contribution in [3.8, 4) is 0 Å². The molecule has 0 aromatic heterocycles. The second kappa shape index (κ2) is 6.88. The fraction of sp³-hybridized carbons (Fsp3) is 0.600. The van der Waals surface area contributed by atoms with Crippen LogP contribution in [0.1, 0.15) is 30.9 Å². The molecule has 18 heavy (non-hydrogen) atoms. The molecule has 2 atom stereocenters. The van der Waals surface area contributed by atoms with E-state index in [4.69, 9.17) is 5.73 Å². The highest BCUT2D eigenvalue weighted by Gasteiger charge is 2.25. The molecule has 3 nitrogen and oxygen atoms in total. The predicted octanol–water partition coefficient (Wildman–Crippen LogP) is 1.78. The van der Waals surface area contributed by atoms with Crippen LogP contribution in [0.3, 0.4) is 0 Å². The van der Waals surface area contributed by atoms with Crippen molar-refractivity contribution >= 4 is 0 Å². The van der Waals surface area contributed by atoms with Gasteiger partial charge in [-0.1, -0.05) is 30.3 Å². The largest absolute Gasteiger partial charge is 0.396 e. The molecule has 0 spiro atoms. The molecule has 1 heterocycles. The van der Waals surface area contributed by atoms with Crippen LogP contribution in [0, 0.1) is 5.92 Å². The highest BCUT2D eigenvalue weighted by Crippen LogP contribution is 2.28. The zero-order valence-corrected chi connectivity index (χ0v) is 11.0. The van der Waals surface area contributed by atoms with Gasteiger partial charge in [-0.3, -0.25) is 4.90 Å². The Labute approximate surface area is 110 Å². The van der Waals surface area contributed by atoms with Crippen LogP contribution in [0.5, 0.6) is 0 Å². The highest BCUT2D eigenvalue weighted by molar-refractivity contribution is 5.19. The highest BCUT2D eigenvalue weighted by atomic mass is 16.3. The third-order valence-electron chi connectivity index (χ3n) is 3.87. The SMILES string of the molecule is NCCC(c1ccccc1)N1CCCC(CO)C1. The topological polar surface area (TPSA) is 49.5 Å². The number of benzene rings is 1. The average Bonchev–Trinajstić information content (AvgIpc) is 2.46. The second-order valence-electron chi connectivity index (χ2n) is 5.19. The Bertz CT molecular complexity index is 342. The van der Waals surface area contributed by atoms with Crippen molar-refractivity contribution in [2.45, 2.75) is 25.3 Å². The molecular weight excluding hydrogens is 224 g/mol. The average molecular weight is 248 g/mol. The first kappa shape index (κ1) is 13.5. The Morgan fingerprint density at radius 2 is 2.11 bits per heavy atom. The molecule has 1 aliphatic heterocycles. The monoisotopic (exact) mass is 248 g/mol. The molecule has 1 fully saturated rings. The molecule has 3 heteroatoms. The van der Waals surface area contributed by atoms with Crippen molar-refractivity contribution < 1.29 is 5.11 Å². The van der Waals surface area contributed by atoms with Gasteiger partial charge in [-0.15, -0.1) is 0 Å².